The molecule has 0 bridgehead atoms. The maximum atomic E-state index is 12.9. The average Bonchev–Trinajstić information content (AvgIpc) is 3.01. The van der Waals surface area contributed by atoms with Crippen molar-refractivity contribution in [3.8, 4) is 0 Å². The molecule has 162 valence electrons. The van der Waals surface area contributed by atoms with Crippen molar-refractivity contribution in [3.63, 3.8) is 0 Å². The number of rotatable bonds is 4. The molecule has 2 unspecified atom stereocenters. The SMILES string of the molecule is CC(N)C1CCN(C(=O)C2CC(=O)N(Cc3cccc(C(F)(F)F)c3)C2)CC1.Cl. The first-order chi connectivity index (χ1) is 13.1. The molecule has 2 saturated heterocycles. The molecular weight excluding hydrogens is 407 g/mol. The number of carbonyl (C=O) groups is 2. The summed E-state index contributed by atoms with van der Waals surface area (Å²) in [6.45, 7) is 3.59. The van der Waals surface area contributed by atoms with Gasteiger partial charge in [0.1, 0.15) is 0 Å². The zero-order valence-electron chi connectivity index (χ0n) is 16.3. The molecule has 2 amide bonds. The van der Waals surface area contributed by atoms with Crippen LogP contribution < -0.4 is 5.73 Å². The molecule has 0 aromatic heterocycles. The number of piperidine rings is 1. The minimum Gasteiger partial charge on any atom is -0.342 e. The molecule has 0 spiro atoms. The van der Waals surface area contributed by atoms with Crippen molar-refractivity contribution in [2.75, 3.05) is 19.6 Å². The Morgan fingerprint density at radius 1 is 1.28 bits per heavy atom. The highest BCUT2D eigenvalue weighted by Crippen LogP contribution is 2.31. The van der Waals surface area contributed by atoms with E-state index in [0.717, 1.165) is 25.0 Å². The smallest absolute Gasteiger partial charge is 0.342 e. The first-order valence-electron chi connectivity index (χ1n) is 9.63. The van der Waals surface area contributed by atoms with Crippen LogP contribution in [0.2, 0.25) is 0 Å². The maximum absolute atomic E-state index is 12.9. The predicted molar refractivity (Wildman–Crippen MR) is 105 cm³/mol. The molecule has 9 heteroatoms. The van der Waals surface area contributed by atoms with E-state index in [2.05, 4.69) is 0 Å². The normalized spacial score (nSPS) is 21.8. The minimum absolute atomic E-state index is 0. The largest absolute Gasteiger partial charge is 0.416 e. The Labute approximate surface area is 174 Å². The Hall–Kier alpha value is -1.80. The fourth-order valence-electron chi connectivity index (χ4n) is 4.06. The Kier molecular flexibility index (Phi) is 7.56. The molecule has 2 N–H and O–H groups in total. The molecule has 2 aliphatic rings. The third-order valence-corrected chi connectivity index (χ3v) is 5.79. The summed E-state index contributed by atoms with van der Waals surface area (Å²) in [5.41, 5.74) is 5.61. The topological polar surface area (TPSA) is 66.6 Å². The second-order valence-electron chi connectivity index (χ2n) is 7.90. The van der Waals surface area contributed by atoms with Gasteiger partial charge in [-0.15, -0.1) is 12.4 Å². The number of hydrogen-bond donors (Lipinski definition) is 1. The fourth-order valence-corrected chi connectivity index (χ4v) is 4.06. The van der Waals surface area contributed by atoms with Crippen LogP contribution in [-0.2, 0) is 22.3 Å². The lowest BCUT2D eigenvalue weighted by Gasteiger charge is -2.35. The standard InChI is InChI=1S/C20H26F3N3O2.ClH/c1-13(24)15-5-7-25(8-6-15)19(28)16-10-18(27)26(12-16)11-14-3-2-4-17(9-14)20(21,22)23;/h2-4,9,13,15-16H,5-8,10-12,24H2,1H3;1H. The summed E-state index contributed by atoms with van der Waals surface area (Å²) in [4.78, 5) is 28.4. The quantitative estimate of drug-likeness (QED) is 0.793. The van der Waals surface area contributed by atoms with Gasteiger partial charge >= 0.3 is 6.18 Å². The molecule has 0 aliphatic carbocycles. The second kappa shape index (κ2) is 9.34. The Morgan fingerprint density at radius 3 is 2.52 bits per heavy atom. The highest BCUT2D eigenvalue weighted by atomic mass is 35.5. The van der Waals surface area contributed by atoms with E-state index in [9.17, 15) is 22.8 Å². The molecule has 5 nitrogen and oxygen atoms in total. The van der Waals surface area contributed by atoms with Gasteiger partial charge in [-0.05, 0) is 43.4 Å². The maximum Gasteiger partial charge on any atom is 0.416 e. The summed E-state index contributed by atoms with van der Waals surface area (Å²) < 4.78 is 38.6. The summed E-state index contributed by atoms with van der Waals surface area (Å²) in [6.07, 6.45) is -2.59. The molecule has 2 aliphatic heterocycles. The molecule has 3 rings (SSSR count). The molecular formula is C20H27ClF3N3O2. The van der Waals surface area contributed by atoms with Crippen LogP contribution in [0.4, 0.5) is 13.2 Å². The minimum atomic E-state index is -4.42. The molecule has 1 aromatic rings. The zero-order valence-corrected chi connectivity index (χ0v) is 17.1. The Morgan fingerprint density at radius 2 is 1.93 bits per heavy atom. The first-order valence-corrected chi connectivity index (χ1v) is 9.63. The van der Waals surface area contributed by atoms with E-state index in [1.807, 2.05) is 6.92 Å². The number of carbonyl (C=O) groups excluding carboxylic acids is 2. The van der Waals surface area contributed by atoms with E-state index in [4.69, 9.17) is 5.73 Å². The third kappa shape index (κ3) is 5.63. The first kappa shape index (κ1) is 23.5. The van der Waals surface area contributed by atoms with Gasteiger partial charge in [0.05, 0.1) is 11.5 Å². The highest BCUT2D eigenvalue weighted by molar-refractivity contribution is 5.89. The van der Waals surface area contributed by atoms with Crippen LogP contribution in [0.25, 0.3) is 0 Å². The second-order valence-corrected chi connectivity index (χ2v) is 7.90. The van der Waals surface area contributed by atoms with Gasteiger partial charge in [0, 0.05) is 38.6 Å². The lowest BCUT2D eigenvalue weighted by Crippen LogP contribution is -2.45. The number of amides is 2. The summed E-state index contributed by atoms with van der Waals surface area (Å²) in [5, 5.41) is 0. The van der Waals surface area contributed by atoms with Crippen LogP contribution in [0.3, 0.4) is 0 Å². The average molecular weight is 434 g/mol. The van der Waals surface area contributed by atoms with E-state index < -0.39 is 17.7 Å². The van der Waals surface area contributed by atoms with Gasteiger partial charge in [0.2, 0.25) is 11.8 Å². The molecule has 2 atom stereocenters. The summed E-state index contributed by atoms with van der Waals surface area (Å²) >= 11 is 0. The number of halogens is 4. The van der Waals surface area contributed by atoms with E-state index in [-0.39, 0.29) is 49.8 Å². The summed E-state index contributed by atoms with van der Waals surface area (Å²) in [5.74, 6) is -0.249. The predicted octanol–water partition coefficient (Wildman–Crippen LogP) is 3.06. The number of alkyl halides is 3. The molecule has 2 fully saturated rings. The Bertz CT molecular complexity index is 734. The van der Waals surface area contributed by atoms with E-state index >= 15 is 0 Å². The van der Waals surface area contributed by atoms with E-state index in [0.29, 0.717) is 24.6 Å². The van der Waals surface area contributed by atoms with Crippen molar-refractivity contribution < 1.29 is 22.8 Å². The number of nitrogens with zero attached hydrogens (tertiary/aromatic N) is 2. The molecule has 0 saturated carbocycles. The monoisotopic (exact) mass is 433 g/mol. The van der Waals surface area contributed by atoms with Crippen LogP contribution in [0.15, 0.2) is 24.3 Å². The van der Waals surface area contributed by atoms with Gasteiger partial charge in [-0.1, -0.05) is 12.1 Å². The summed E-state index contributed by atoms with van der Waals surface area (Å²) in [6, 6.07) is 5.07. The number of nitrogens with two attached hydrogens (primary N) is 1. The molecule has 1 aromatic carbocycles. The van der Waals surface area contributed by atoms with Gasteiger partial charge in [-0.25, -0.2) is 0 Å². The number of likely N-dealkylation sites (tertiary alicyclic amines) is 2. The van der Waals surface area contributed by atoms with Gasteiger partial charge in [-0.3, -0.25) is 9.59 Å². The van der Waals surface area contributed by atoms with Gasteiger partial charge < -0.3 is 15.5 Å². The lowest BCUT2D eigenvalue weighted by atomic mass is 9.90. The van der Waals surface area contributed by atoms with Crippen molar-refractivity contribution in [3.05, 3.63) is 35.4 Å². The van der Waals surface area contributed by atoms with Crippen LogP contribution in [0.1, 0.15) is 37.3 Å². The molecule has 29 heavy (non-hydrogen) atoms. The number of benzene rings is 1. The summed E-state index contributed by atoms with van der Waals surface area (Å²) in [7, 11) is 0. The van der Waals surface area contributed by atoms with Crippen LogP contribution in [-0.4, -0.2) is 47.3 Å². The van der Waals surface area contributed by atoms with Crippen LogP contribution in [0.5, 0.6) is 0 Å². The van der Waals surface area contributed by atoms with Crippen molar-refractivity contribution >= 4 is 24.2 Å². The highest BCUT2D eigenvalue weighted by Gasteiger charge is 2.38. The van der Waals surface area contributed by atoms with Gasteiger partial charge in [-0.2, -0.15) is 13.2 Å². The van der Waals surface area contributed by atoms with Crippen molar-refractivity contribution in [1.82, 2.24) is 9.80 Å². The molecule has 0 radical (unpaired) electrons. The van der Waals surface area contributed by atoms with Crippen LogP contribution in [0, 0.1) is 11.8 Å². The number of hydrogen-bond acceptors (Lipinski definition) is 3. The zero-order chi connectivity index (χ0) is 20.5. The molecule has 2 heterocycles. The lowest BCUT2D eigenvalue weighted by molar-refractivity contribution is -0.138. The van der Waals surface area contributed by atoms with Crippen molar-refractivity contribution in [1.29, 1.82) is 0 Å². The van der Waals surface area contributed by atoms with E-state index in [1.54, 1.807) is 11.0 Å². The van der Waals surface area contributed by atoms with Crippen molar-refractivity contribution in [2.45, 2.75) is 44.9 Å². The third-order valence-electron chi connectivity index (χ3n) is 5.79. The van der Waals surface area contributed by atoms with Gasteiger partial charge in [0.25, 0.3) is 0 Å². The van der Waals surface area contributed by atoms with Gasteiger partial charge in [0.15, 0.2) is 0 Å². The Balaban J connectivity index is 0.00000300. The van der Waals surface area contributed by atoms with Crippen LogP contribution >= 0.6 is 12.4 Å². The van der Waals surface area contributed by atoms with E-state index in [1.165, 1.54) is 11.0 Å². The fraction of sp³-hybridized carbons (Fsp3) is 0.600. The van der Waals surface area contributed by atoms with Crippen molar-refractivity contribution in [2.24, 2.45) is 17.6 Å².